The quantitative estimate of drug-likeness (QED) is 0.574. The number of hydrogen-bond donors (Lipinski definition) is 2. The van der Waals surface area contributed by atoms with Crippen LogP contribution < -0.4 is 0 Å². The lowest BCUT2D eigenvalue weighted by atomic mass is 10.00. The molecular formula is C11H10O2S. The van der Waals surface area contributed by atoms with Crippen LogP contribution in [0.2, 0.25) is 0 Å². The fourth-order valence-corrected chi connectivity index (χ4v) is 1.42. The summed E-state index contributed by atoms with van der Waals surface area (Å²) in [7, 11) is 0. The molecule has 0 saturated carbocycles. The summed E-state index contributed by atoms with van der Waals surface area (Å²) in [6.07, 6.45) is 5.28. The van der Waals surface area contributed by atoms with Gasteiger partial charge in [-0.1, -0.05) is 5.92 Å². The van der Waals surface area contributed by atoms with Gasteiger partial charge in [0.1, 0.15) is 0 Å². The Kier molecular flexibility index (Phi) is 3.21. The Morgan fingerprint density at radius 3 is 2.71 bits per heavy atom. The van der Waals surface area contributed by atoms with Crippen molar-refractivity contribution < 1.29 is 9.90 Å². The molecule has 1 N–H and O–H groups in total. The second-order valence-corrected chi connectivity index (χ2v) is 3.24. The van der Waals surface area contributed by atoms with Crippen LogP contribution >= 0.6 is 12.6 Å². The van der Waals surface area contributed by atoms with E-state index in [0.717, 1.165) is 5.56 Å². The smallest absolute Gasteiger partial charge is 0.336 e. The molecule has 0 amide bonds. The summed E-state index contributed by atoms with van der Waals surface area (Å²) < 4.78 is 0. The molecule has 0 aromatic heterocycles. The maximum absolute atomic E-state index is 10.9. The second-order valence-electron chi connectivity index (χ2n) is 2.92. The van der Waals surface area contributed by atoms with E-state index in [2.05, 4.69) is 18.5 Å². The summed E-state index contributed by atoms with van der Waals surface area (Å²) in [4.78, 5) is 10.9. The molecule has 0 aliphatic rings. The lowest BCUT2D eigenvalue weighted by Gasteiger charge is -2.06. The highest BCUT2D eigenvalue weighted by molar-refractivity contribution is 7.79. The maximum Gasteiger partial charge on any atom is 0.336 e. The fourth-order valence-electron chi connectivity index (χ4n) is 1.24. The van der Waals surface area contributed by atoms with E-state index in [1.165, 1.54) is 0 Å². The van der Waals surface area contributed by atoms with Crippen molar-refractivity contribution in [3.05, 3.63) is 34.4 Å². The molecule has 0 aliphatic heterocycles. The normalized spacial score (nSPS) is 9.50. The molecule has 1 rings (SSSR count). The van der Waals surface area contributed by atoms with E-state index in [0.29, 0.717) is 16.9 Å². The predicted molar refractivity (Wildman–Crippen MR) is 58.8 cm³/mol. The zero-order valence-electron chi connectivity index (χ0n) is 7.74. The Labute approximate surface area is 88.4 Å². The number of carbonyl (C=O) groups is 1. The van der Waals surface area contributed by atoms with Crippen molar-refractivity contribution in [3.63, 3.8) is 0 Å². The molecular weight excluding hydrogens is 196 g/mol. The van der Waals surface area contributed by atoms with Crippen molar-refractivity contribution >= 4 is 18.6 Å². The zero-order valence-corrected chi connectivity index (χ0v) is 8.64. The fraction of sp³-hybridized carbons (Fsp3) is 0.182. The summed E-state index contributed by atoms with van der Waals surface area (Å²) in [5.41, 5.74) is 2.33. The summed E-state index contributed by atoms with van der Waals surface area (Å²) in [5.74, 6) is 1.99. The molecule has 2 nitrogen and oxygen atoms in total. The molecule has 0 bridgehead atoms. The van der Waals surface area contributed by atoms with Crippen molar-refractivity contribution in [1.29, 1.82) is 0 Å². The molecule has 0 fully saturated rings. The molecule has 1 aromatic rings. The van der Waals surface area contributed by atoms with Gasteiger partial charge < -0.3 is 5.11 Å². The minimum atomic E-state index is -0.956. The maximum atomic E-state index is 10.9. The van der Waals surface area contributed by atoms with E-state index in [1.54, 1.807) is 19.1 Å². The first kappa shape index (κ1) is 10.7. The highest BCUT2D eigenvalue weighted by atomic mass is 32.1. The molecule has 3 heteroatoms. The van der Waals surface area contributed by atoms with Crippen LogP contribution in [0, 0.1) is 19.3 Å². The molecule has 0 radical (unpaired) electrons. The van der Waals surface area contributed by atoms with Crippen LogP contribution in [-0.4, -0.2) is 11.1 Å². The molecule has 0 unspecified atom stereocenters. The molecule has 14 heavy (non-hydrogen) atoms. The van der Waals surface area contributed by atoms with E-state index in [1.807, 2.05) is 0 Å². The van der Waals surface area contributed by atoms with Crippen LogP contribution in [-0.2, 0) is 5.75 Å². The third-order valence-electron chi connectivity index (χ3n) is 2.04. The number of hydrogen-bond acceptors (Lipinski definition) is 2. The summed E-state index contributed by atoms with van der Waals surface area (Å²) in [6, 6.07) is 3.39. The van der Waals surface area contributed by atoms with Gasteiger partial charge in [-0.15, -0.1) is 6.42 Å². The minimum absolute atomic E-state index is 0.254. The van der Waals surface area contributed by atoms with Crippen molar-refractivity contribution in [2.24, 2.45) is 0 Å². The van der Waals surface area contributed by atoms with Crippen molar-refractivity contribution in [2.45, 2.75) is 12.7 Å². The Balaban J connectivity index is 3.44. The van der Waals surface area contributed by atoms with E-state index < -0.39 is 5.97 Å². The number of terminal acetylenes is 1. The van der Waals surface area contributed by atoms with Gasteiger partial charge in [0, 0.05) is 11.3 Å². The molecule has 0 atom stereocenters. The van der Waals surface area contributed by atoms with Crippen molar-refractivity contribution in [2.75, 3.05) is 0 Å². The van der Waals surface area contributed by atoms with Gasteiger partial charge in [0.15, 0.2) is 0 Å². The van der Waals surface area contributed by atoms with Crippen LogP contribution in [0.1, 0.15) is 27.0 Å². The van der Waals surface area contributed by atoms with Gasteiger partial charge in [-0.25, -0.2) is 4.79 Å². The molecule has 1 aromatic carbocycles. The minimum Gasteiger partial charge on any atom is -0.478 e. The first-order chi connectivity index (χ1) is 6.60. The molecule has 0 heterocycles. The van der Waals surface area contributed by atoms with Gasteiger partial charge in [-0.05, 0) is 30.2 Å². The largest absolute Gasteiger partial charge is 0.478 e. The Bertz CT molecular complexity index is 416. The Morgan fingerprint density at radius 1 is 1.64 bits per heavy atom. The topological polar surface area (TPSA) is 37.3 Å². The third-order valence-corrected chi connectivity index (χ3v) is 2.40. The molecule has 72 valence electrons. The Morgan fingerprint density at radius 2 is 2.29 bits per heavy atom. The zero-order chi connectivity index (χ0) is 10.7. The monoisotopic (exact) mass is 206 g/mol. The third kappa shape index (κ3) is 1.91. The molecule has 0 aliphatic carbocycles. The summed E-state index contributed by atoms with van der Waals surface area (Å²) >= 11 is 4.08. The number of rotatable bonds is 2. The standard InChI is InChI=1S/C11H10O2S/c1-3-9-4-8(6-14)5-10(7(9)2)11(12)13/h1,4-5,14H,6H2,2H3,(H,12,13). The van der Waals surface area contributed by atoms with Crippen LogP contribution in [0.25, 0.3) is 0 Å². The lowest BCUT2D eigenvalue weighted by Crippen LogP contribution is -2.03. The van der Waals surface area contributed by atoms with Crippen molar-refractivity contribution in [3.8, 4) is 12.3 Å². The average Bonchev–Trinajstić information content (AvgIpc) is 2.17. The molecule has 0 saturated heterocycles. The Hall–Kier alpha value is -1.40. The lowest BCUT2D eigenvalue weighted by molar-refractivity contribution is 0.0696. The van der Waals surface area contributed by atoms with Crippen molar-refractivity contribution in [1.82, 2.24) is 0 Å². The predicted octanol–water partition coefficient (Wildman–Crippen LogP) is 2.10. The van der Waals surface area contributed by atoms with E-state index >= 15 is 0 Å². The SMILES string of the molecule is C#Cc1cc(CS)cc(C(=O)O)c1C. The first-order valence-corrected chi connectivity index (χ1v) is 4.67. The van der Waals surface area contributed by atoms with Crippen LogP contribution in [0.3, 0.4) is 0 Å². The number of thiol groups is 1. The highest BCUT2D eigenvalue weighted by Gasteiger charge is 2.11. The van der Waals surface area contributed by atoms with E-state index in [9.17, 15) is 4.79 Å². The molecule has 0 spiro atoms. The van der Waals surface area contributed by atoms with Crippen LogP contribution in [0.4, 0.5) is 0 Å². The van der Waals surface area contributed by atoms with Crippen LogP contribution in [0.15, 0.2) is 12.1 Å². The summed E-state index contributed by atoms with van der Waals surface area (Å²) in [5, 5.41) is 8.91. The highest BCUT2D eigenvalue weighted by Crippen LogP contribution is 2.17. The van der Waals surface area contributed by atoms with Gasteiger partial charge in [-0.2, -0.15) is 12.6 Å². The number of carboxylic acid groups (broad SMARTS) is 1. The van der Waals surface area contributed by atoms with Gasteiger partial charge in [0.25, 0.3) is 0 Å². The van der Waals surface area contributed by atoms with Crippen LogP contribution in [0.5, 0.6) is 0 Å². The van der Waals surface area contributed by atoms with Gasteiger partial charge in [-0.3, -0.25) is 0 Å². The average molecular weight is 206 g/mol. The first-order valence-electron chi connectivity index (χ1n) is 4.04. The number of benzene rings is 1. The summed E-state index contributed by atoms with van der Waals surface area (Å²) in [6.45, 7) is 1.71. The van der Waals surface area contributed by atoms with E-state index in [-0.39, 0.29) is 5.56 Å². The number of aromatic carboxylic acids is 1. The van der Waals surface area contributed by atoms with Gasteiger partial charge >= 0.3 is 5.97 Å². The van der Waals surface area contributed by atoms with E-state index in [4.69, 9.17) is 11.5 Å². The van der Waals surface area contributed by atoms with Gasteiger partial charge in [0.05, 0.1) is 5.56 Å². The second kappa shape index (κ2) is 4.21. The van der Waals surface area contributed by atoms with Gasteiger partial charge in [0.2, 0.25) is 0 Å². The number of carboxylic acids is 1.